The van der Waals surface area contributed by atoms with Crippen molar-refractivity contribution in [3.05, 3.63) is 17.5 Å². The van der Waals surface area contributed by atoms with E-state index in [4.69, 9.17) is 17.7 Å². The molecule has 96 valence electrons. The van der Waals surface area contributed by atoms with Gasteiger partial charge < -0.3 is 11.9 Å². The summed E-state index contributed by atoms with van der Waals surface area (Å²) in [6, 6.07) is 1.17. The summed E-state index contributed by atoms with van der Waals surface area (Å²) >= 11 is 6.42. The van der Waals surface area contributed by atoms with Crippen LogP contribution in [0.3, 0.4) is 0 Å². The fourth-order valence-electron chi connectivity index (χ4n) is 1.86. The molecule has 0 saturated carbocycles. The number of rotatable bonds is 9. The maximum absolute atomic E-state index is 6.42. The SMILES string of the molecule is [CH-]=C(C)C[N-]CC(CCCC)C[Si](C)(C)Cl.[Li+].[Li+]. The second kappa shape index (κ2) is 13.4. The van der Waals surface area contributed by atoms with Gasteiger partial charge in [0.05, 0.1) is 0 Å². The number of hydrogen-bond donors (Lipinski definition) is 0. The van der Waals surface area contributed by atoms with Crippen LogP contribution in [-0.4, -0.2) is 20.5 Å². The maximum Gasteiger partial charge on any atom is 1.00 e. The summed E-state index contributed by atoms with van der Waals surface area (Å²) in [5, 5.41) is 4.51. The van der Waals surface area contributed by atoms with Crippen LogP contribution >= 0.6 is 11.1 Å². The third kappa shape index (κ3) is 17.4. The standard InChI is InChI=1S/C13H26ClNSi.2Li/c1-6-7-8-13(11-16(4,5)14)10-15-9-12(2)3;;/h2,13H,6-11H2,1,3-5H3;;/q-2;2*+1. The van der Waals surface area contributed by atoms with Gasteiger partial charge in [-0.15, -0.1) is 6.54 Å². The first-order valence-electron chi connectivity index (χ1n) is 6.25. The minimum Gasteiger partial charge on any atom is -0.661 e. The Morgan fingerprint density at radius 3 is 2.28 bits per heavy atom. The summed E-state index contributed by atoms with van der Waals surface area (Å²) in [6.45, 7) is 15.8. The average Bonchev–Trinajstić information content (AvgIpc) is 2.11. The van der Waals surface area contributed by atoms with Crippen LogP contribution in [0.25, 0.3) is 5.32 Å². The zero-order chi connectivity index (χ0) is 12.6. The number of unbranched alkanes of at least 4 members (excludes halogenated alkanes) is 1. The molecule has 1 atom stereocenters. The summed E-state index contributed by atoms with van der Waals surface area (Å²) in [5.41, 5.74) is 0.900. The Kier molecular flexibility index (Phi) is 18.2. The van der Waals surface area contributed by atoms with E-state index in [9.17, 15) is 0 Å². The van der Waals surface area contributed by atoms with Gasteiger partial charge in [-0.05, 0) is 6.04 Å². The zero-order valence-electron chi connectivity index (χ0n) is 13.2. The van der Waals surface area contributed by atoms with Crippen molar-refractivity contribution in [3.63, 3.8) is 0 Å². The molecule has 0 rings (SSSR count). The summed E-state index contributed by atoms with van der Waals surface area (Å²) in [7, 11) is -1.47. The van der Waals surface area contributed by atoms with E-state index in [0.29, 0.717) is 12.5 Å². The quantitative estimate of drug-likeness (QED) is 0.291. The topological polar surface area (TPSA) is 14.1 Å². The fourth-order valence-corrected chi connectivity index (χ4v) is 4.22. The minimum atomic E-state index is -1.47. The Labute approximate surface area is 144 Å². The second-order valence-corrected chi connectivity index (χ2v) is 12.3. The summed E-state index contributed by atoms with van der Waals surface area (Å²) in [6.07, 6.45) is 3.79. The van der Waals surface area contributed by atoms with Crippen molar-refractivity contribution < 1.29 is 37.7 Å². The van der Waals surface area contributed by atoms with Gasteiger partial charge in [0.1, 0.15) is 0 Å². The number of halogens is 1. The first kappa shape index (κ1) is 24.4. The second-order valence-electron chi connectivity index (χ2n) is 5.34. The Morgan fingerprint density at radius 2 is 1.89 bits per heavy atom. The van der Waals surface area contributed by atoms with Gasteiger partial charge in [0.15, 0.2) is 7.38 Å². The molecule has 0 aliphatic heterocycles. The Bertz CT molecular complexity index is 208. The van der Waals surface area contributed by atoms with Gasteiger partial charge in [0, 0.05) is 0 Å². The van der Waals surface area contributed by atoms with Gasteiger partial charge >= 0.3 is 37.7 Å². The van der Waals surface area contributed by atoms with Crippen LogP contribution in [0.5, 0.6) is 0 Å². The predicted molar refractivity (Wildman–Crippen MR) is 77.7 cm³/mol. The largest absolute Gasteiger partial charge is 1.00 e. The van der Waals surface area contributed by atoms with Crippen molar-refractivity contribution in [1.82, 2.24) is 0 Å². The first-order chi connectivity index (χ1) is 7.35. The molecule has 0 radical (unpaired) electrons. The van der Waals surface area contributed by atoms with Gasteiger partial charge in [-0.2, -0.15) is 17.6 Å². The van der Waals surface area contributed by atoms with Crippen molar-refractivity contribution in [2.24, 2.45) is 5.92 Å². The maximum atomic E-state index is 6.42. The molecule has 0 amide bonds. The van der Waals surface area contributed by atoms with E-state index in [1.54, 1.807) is 0 Å². The van der Waals surface area contributed by atoms with E-state index < -0.39 is 7.38 Å². The van der Waals surface area contributed by atoms with E-state index in [1.165, 1.54) is 25.3 Å². The van der Waals surface area contributed by atoms with E-state index >= 15 is 0 Å². The monoisotopic (exact) mass is 273 g/mol. The molecule has 1 unspecified atom stereocenters. The Morgan fingerprint density at radius 1 is 1.33 bits per heavy atom. The van der Waals surface area contributed by atoms with Crippen LogP contribution in [-0.2, 0) is 0 Å². The minimum absolute atomic E-state index is 0. The molecule has 0 N–H and O–H groups in total. The van der Waals surface area contributed by atoms with E-state index in [-0.39, 0.29) is 37.7 Å². The molecule has 0 aliphatic carbocycles. The summed E-state index contributed by atoms with van der Waals surface area (Å²) in [5.74, 6) is 0.665. The van der Waals surface area contributed by atoms with E-state index in [2.05, 4.69) is 25.3 Å². The van der Waals surface area contributed by atoms with Crippen LogP contribution < -0.4 is 37.7 Å². The molecule has 0 fully saturated rings. The average molecular weight is 274 g/mol. The molecule has 0 heterocycles. The van der Waals surface area contributed by atoms with Crippen LogP contribution in [0.1, 0.15) is 33.1 Å². The molecule has 0 aromatic heterocycles. The van der Waals surface area contributed by atoms with Crippen molar-refractivity contribution in [3.8, 4) is 0 Å². The fraction of sp³-hybridized carbons (Fsp3) is 0.846. The van der Waals surface area contributed by atoms with Crippen molar-refractivity contribution in [1.29, 1.82) is 0 Å². The first-order valence-corrected chi connectivity index (χ1v) is 10.5. The van der Waals surface area contributed by atoms with Crippen molar-refractivity contribution >= 4 is 18.5 Å². The number of nitrogens with zero attached hydrogens (tertiary/aromatic N) is 1. The molecule has 0 aliphatic rings. The van der Waals surface area contributed by atoms with Gasteiger partial charge in [-0.1, -0.05) is 52.1 Å². The van der Waals surface area contributed by atoms with E-state index in [1.807, 2.05) is 6.92 Å². The van der Waals surface area contributed by atoms with Gasteiger partial charge in [0.2, 0.25) is 0 Å². The van der Waals surface area contributed by atoms with Crippen LogP contribution in [0, 0.1) is 12.5 Å². The Hall–Kier alpha value is 1.40. The Balaban J connectivity index is -0.00000112. The smallest absolute Gasteiger partial charge is 0.661 e. The van der Waals surface area contributed by atoms with Crippen molar-refractivity contribution in [2.45, 2.75) is 52.2 Å². The van der Waals surface area contributed by atoms with Crippen LogP contribution in [0.4, 0.5) is 0 Å². The normalized spacial score (nSPS) is 12.3. The summed E-state index contributed by atoms with van der Waals surface area (Å²) < 4.78 is 0. The third-order valence-corrected chi connectivity index (χ3v) is 4.50. The van der Waals surface area contributed by atoms with Gasteiger partial charge in [0.25, 0.3) is 0 Å². The molecule has 18 heavy (non-hydrogen) atoms. The molecule has 0 spiro atoms. The third-order valence-electron chi connectivity index (χ3n) is 2.49. The molecule has 0 aromatic carbocycles. The van der Waals surface area contributed by atoms with Crippen LogP contribution in [0.2, 0.25) is 19.1 Å². The molecule has 0 aromatic rings. The molecule has 1 nitrogen and oxygen atoms in total. The predicted octanol–water partition coefficient (Wildman–Crippen LogP) is -1.00. The molecular formula is C13H26ClLi2NSi. The molecule has 5 heteroatoms. The molecule has 0 saturated heterocycles. The van der Waals surface area contributed by atoms with Gasteiger partial charge in [-0.3, -0.25) is 5.57 Å². The molecular weight excluding hydrogens is 248 g/mol. The van der Waals surface area contributed by atoms with E-state index in [0.717, 1.165) is 12.1 Å². The van der Waals surface area contributed by atoms with Gasteiger partial charge in [-0.25, -0.2) is 0 Å². The zero-order valence-corrected chi connectivity index (χ0v) is 15.0. The molecule has 0 bridgehead atoms. The summed E-state index contributed by atoms with van der Waals surface area (Å²) in [4.78, 5) is 0. The van der Waals surface area contributed by atoms with Crippen molar-refractivity contribution in [2.75, 3.05) is 13.1 Å². The van der Waals surface area contributed by atoms with Crippen LogP contribution in [0.15, 0.2) is 5.57 Å². The number of hydrogen-bond acceptors (Lipinski definition) is 0.